The van der Waals surface area contributed by atoms with Crippen LogP contribution in [0, 0.1) is 5.92 Å². The smallest absolute Gasteiger partial charge is 0.0565 e. The van der Waals surface area contributed by atoms with E-state index < -0.39 is 0 Å². The van der Waals surface area contributed by atoms with E-state index in [1.807, 2.05) is 0 Å². The molecule has 3 unspecified atom stereocenters. The van der Waals surface area contributed by atoms with Crippen molar-refractivity contribution in [3.8, 4) is 0 Å². The molecule has 0 spiro atoms. The van der Waals surface area contributed by atoms with E-state index in [9.17, 15) is 0 Å². The molecule has 1 N–H and O–H groups in total. The molecule has 1 fully saturated rings. The Morgan fingerprint density at radius 1 is 1.18 bits per heavy atom. The molecular formula is C14H30N2O. The van der Waals surface area contributed by atoms with Gasteiger partial charge in [-0.25, -0.2) is 0 Å². The highest BCUT2D eigenvalue weighted by atomic mass is 16.5. The Balaban J connectivity index is 2.48. The number of ether oxygens (including phenoxy) is 1. The Kier molecular flexibility index (Phi) is 5.90. The molecule has 3 atom stereocenters. The molecule has 0 amide bonds. The third-order valence-electron chi connectivity index (χ3n) is 3.51. The number of rotatable bonds is 5. The van der Waals surface area contributed by atoms with E-state index in [4.69, 9.17) is 4.74 Å². The molecule has 0 aliphatic carbocycles. The molecule has 102 valence electrons. The summed E-state index contributed by atoms with van der Waals surface area (Å²) in [7, 11) is 4.29. The molecule has 0 bridgehead atoms. The van der Waals surface area contributed by atoms with Crippen molar-refractivity contribution in [3.05, 3.63) is 0 Å². The summed E-state index contributed by atoms with van der Waals surface area (Å²) in [5.74, 6) is 0.672. The molecule has 1 aliphatic heterocycles. The van der Waals surface area contributed by atoms with Gasteiger partial charge in [0.15, 0.2) is 0 Å². The maximum absolute atomic E-state index is 5.79. The molecule has 0 aromatic carbocycles. The summed E-state index contributed by atoms with van der Waals surface area (Å²) in [5, 5.41) is 3.83. The minimum atomic E-state index is 0.392. The van der Waals surface area contributed by atoms with Crippen molar-refractivity contribution < 1.29 is 4.74 Å². The molecule has 0 radical (unpaired) electrons. The van der Waals surface area contributed by atoms with Crippen molar-refractivity contribution in [1.29, 1.82) is 0 Å². The van der Waals surface area contributed by atoms with Crippen LogP contribution < -0.4 is 5.32 Å². The van der Waals surface area contributed by atoms with Gasteiger partial charge >= 0.3 is 0 Å². The van der Waals surface area contributed by atoms with Crippen LogP contribution in [0.5, 0.6) is 0 Å². The van der Waals surface area contributed by atoms with Crippen LogP contribution in [0.3, 0.4) is 0 Å². The normalized spacial score (nSPS) is 32.1. The fraction of sp³-hybridized carbons (Fsp3) is 1.00. The first kappa shape index (κ1) is 14.9. The zero-order valence-electron chi connectivity index (χ0n) is 12.4. The molecule has 1 aliphatic rings. The van der Waals surface area contributed by atoms with Crippen LogP contribution in [0.15, 0.2) is 0 Å². The first-order valence-electron chi connectivity index (χ1n) is 6.94. The lowest BCUT2D eigenvalue weighted by Crippen LogP contribution is -2.50. The van der Waals surface area contributed by atoms with Crippen LogP contribution in [-0.2, 0) is 4.74 Å². The van der Waals surface area contributed by atoms with E-state index in [1.54, 1.807) is 0 Å². The third kappa shape index (κ3) is 5.36. The molecule has 1 heterocycles. The van der Waals surface area contributed by atoms with Crippen LogP contribution >= 0.6 is 0 Å². The van der Waals surface area contributed by atoms with Crippen molar-refractivity contribution >= 4 is 0 Å². The van der Waals surface area contributed by atoms with Gasteiger partial charge in [0.25, 0.3) is 0 Å². The minimum Gasteiger partial charge on any atom is -0.375 e. The first-order chi connectivity index (χ1) is 7.88. The highest BCUT2D eigenvalue weighted by Gasteiger charge is 2.27. The van der Waals surface area contributed by atoms with E-state index in [2.05, 4.69) is 52.0 Å². The van der Waals surface area contributed by atoms with E-state index in [0.29, 0.717) is 30.2 Å². The quantitative estimate of drug-likeness (QED) is 0.799. The number of likely N-dealkylation sites (N-methyl/N-ethyl adjacent to an activating group) is 1. The van der Waals surface area contributed by atoms with Gasteiger partial charge in [0.1, 0.15) is 0 Å². The van der Waals surface area contributed by atoms with E-state index in [-0.39, 0.29) is 0 Å². The van der Waals surface area contributed by atoms with Crippen molar-refractivity contribution in [2.75, 3.05) is 20.6 Å². The largest absolute Gasteiger partial charge is 0.375 e. The fourth-order valence-electron chi connectivity index (χ4n) is 2.69. The Hall–Kier alpha value is -0.120. The molecular weight excluding hydrogens is 212 g/mol. The van der Waals surface area contributed by atoms with Gasteiger partial charge in [-0.15, -0.1) is 0 Å². The molecule has 0 aromatic rings. The number of nitrogens with one attached hydrogen (secondary N) is 1. The zero-order chi connectivity index (χ0) is 13.0. The van der Waals surface area contributed by atoms with E-state index in [0.717, 1.165) is 19.4 Å². The summed E-state index contributed by atoms with van der Waals surface area (Å²) < 4.78 is 5.79. The van der Waals surface area contributed by atoms with Gasteiger partial charge in [0.2, 0.25) is 0 Å². The summed E-state index contributed by atoms with van der Waals surface area (Å²) in [6.07, 6.45) is 3.06. The van der Waals surface area contributed by atoms with E-state index in [1.165, 1.54) is 0 Å². The molecule has 1 saturated heterocycles. The van der Waals surface area contributed by atoms with Crippen molar-refractivity contribution in [1.82, 2.24) is 10.2 Å². The number of hydrogen-bond acceptors (Lipinski definition) is 3. The van der Waals surface area contributed by atoms with Gasteiger partial charge in [-0.2, -0.15) is 0 Å². The Morgan fingerprint density at radius 2 is 1.71 bits per heavy atom. The highest BCUT2D eigenvalue weighted by Crippen LogP contribution is 2.20. The Bertz CT molecular complexity index is 208. The number of nitrogens with zero attached hydrogens (tertiary/aromatic N) is 1. The molecule has 0 saturated carbocycles. The standard InChI is InChI=1S/C14H30N2O/c1-10(2)14(9-16(5)6)15-13-7-11(3)17-12(4)8-13/h10-15H,7-9H2,1-6H3. The van der Waals surface area contributed by atoms with Crippen molar-refractivity contribution in [3.63, 3.8) is 0 Å². The summed E-state index contributed by atoms with van der Waals surface area (Å²) >= 11 is 0. The summed E-state index contributed by atoms with van der Waals surface area (Å²) in [6.45, 7) is 10.1. The second-order valence-corrected chi connectivity index (χ2v) is 6.21. The first-order valence-corrected chi connectivity index (χ1v) is 6.94. The number of hydrogen-bond donors (Lipinski definition) is 1. The fourth-order valence-corrected chi connectivity index (χ4v) is 2.69. The van der Waals surface area contributed by atoms with E-state index >= 15 is 0 Å². The summed E-state index contributed by atoms with van der Waals surface area (Å²) in [4.78, 5) is 2.27. The van der Waals surface area contributed by atoms with Crippen LogP contribution in [0.1, 0.15) is 40.5 Å². The minimum absolute atomic E-state index is 0.392. The second kappa shape index (κ2) is 6.72. The lowest BCUT2D eigenvalue weighted by molar-refractivity contribution is -0.0446. The monoisotopic (exact) mass is 242 g/mol. The maximum Gasteiger partial charge on any atom is 0.0565 e. The molecule has 0 aromatic heterocycles. The molecule has 3 heteroatoms. The van der Waals surface area contributed by atoms with Gasteiger partial charge in [-0.3, -0.25) is 0 Å². The van der Waals surface area contributed by atoms with Crippen LogP contribution in [-0.4, -0.2) is 49.8 Å². The van der Waals surface area contributed by atoms with Crippen LogP contribution in [0.2, 0.25) is 0 Å². The maximum atomic E-state index is 5.79. The lowest BCUT2D eigenvalue weighted by Gasteiger charge is -2.37. The molecule has 1 rings (SSSR count). The Labute approximate surface area is 107 Å². The highest BCUT2D eigenvalue weighted by molar-refractivity contribution is 4.84. The van der Waals surface area contributed by atoms with Gasteiger partial charge in [0, 0.05) is 18.6 Å². The predicted molar refractivity (Wildman–Crippen MR) is 73.3 cm³/mol. The molecule has 3 nitrogen and oxygen atoms in total. The van der Waals surface area contributed by atoms with Gasteiger partial charge in [-0.1, -0.05) is 13.8 Å². The average molecular weight is 242 g/mol. The van der Waals surface area contributed by atoms with Gasteiger partial charge in [0.05, 0.1) is 12.2 Å². The summed E-state index contributed by atoms with van der Waals surface area (Å²) in [6, 6.07) is 1.19. The SMILES string of the molecule is CC1CC(NC(CN(C)C)C(C)C)CC(C)O1. The topological polar surface area (TPSA) is 24.5 Å². The zero-order valence-corrected chi connectivity index (χ0v) is 12.4. The summed E-state index contributed by atoms with van der Waals surface area (Å²) in [5.41, 5.74) is 0. The lowest BCUT2D eigenvalue weighted by atomic mass is 9.96. The molecule has 17 heavy (non-hydrogen) atoms. The second-order valence-electron chi connectivity index (χ2n) is 6.21. The average Bonchev–Trinajstić information content (AvgIpc) is 2.13. The van der Waals surface area contributed by atoms with Gasteiger partial charge in [-0.05, 0) is 46.7 Å². The van der Waals surface area contributed by atoms with Crippen LogP contribution in [0.25, 0.3) is 0 Å². The van der Waals surface area contributed by atoms with Crippen LogP contribution in [0.4, 0.5) is 0 Å². The third-order valence-corrected chi connectivity index (χ3v) is 3.51. The Morgan fingerprint density at radius 3 is 2.12 bits per heavy atom. The van der Waals surface area contributed by atoms with Gasteiger partial charge < -0.3 is 15.0 Å². The predicted octanol–water partition coefficient (Wildman–Crippen LogP) is 2.12. The van der Waals surface area contributed by atoms with Crippen molar-refractivity contribution in [2.24, 2.45) is 5.92 Å². The van der Waals surface area contributed by atoms with Crippen molar-refractivity contribution in [2.45, 2.75) is 64.8 Å².